The Morgan fingerprint density at radius 1 is 0.318 bits per heavy atom. The molecule has 0 aromatic heterocycles. The van der Waals surface area contributed by atoms with Gasteiger partial charge in [-0.05, 0) is 116 Å². The number of ether oxygens (including phenoxy) is 3. The van der Waals surface area contributed by atoms with Gasteiger partial charge in [-0.15, -0.1) is 0 Å². The number of allylic oxidation sites excluding steroid dienone is 18. The van der Waals surface area contributed by atoms with E-state index in [2.05, 4.69) is 130 Å². The van der Waals surface area contributed by atoms with Crippen molar-refractivity contribution in [3.63, 3.8) is 0 Å². The molecular weight excluding hydrogens is 817 g/mol. The van der Waals surface area contributed by atoms with E-state index in [1.165, 1.54) is 38.5 Å². The van der Waals surface area contributed by atoms with Crippen LogP contribution in [-0.2, 0) is 28.6 Å². The van der Waals surface area contributed by atoms with Crippen LogP contribution in [0.5, 0.6) is 0 Å². The van der Waals surface area contributed by atoms with Gasteiger partial charge in [-0.2, -0.15) is 0 Å². The Labute approximate surface area is 406 Å². The van der Waals surface area contributed by atoms with Gasteiger partial charge < -0.3 is 14.2 Å². The fourth-order valence-corrected chi connectivity index (χ4v) is 7.01. The summed E-state index contributed by atoms with van der Waals surface area (Å²) in [6, 6.07) is 0. The Bertz CT molecular complexity index is 1370. The molecule has 0 spiro atoms. The van der Waals surface area contributed by atoms with Crippen LogP contribution in [0.1, 0.15) is 233 Å². The molecule has 6 nitrogen and oxygen atoms in total. The molecule has 0 heterocycles. The highest BCUT2D eigenvalue weighted by Crippen LogP contribution is 2.14. The lowest BCUT2D eigenvalue weighted by Gasteiger charge is -2.18. The van der Waals surface area contributed by atoms with Crippen molar-refractivity contribution in [2.75, 3.05) is 13.2 Å². The Kier molecular flexibility index (Phi) is 50.5. The molecular formula is C60H98O6. The van der Waals surface area contributed by atoms with E-state index >= 15 is 0 Å². The monoisotopic (exact) mass is 915 g/mol. The molecule has 0 radical (unpaired) electrons. The van der Waals surface area contributed by atoms with E-state index in [1.54, 1.807) is 0 Å². The maximum atomic E-state index is 12.8. The summed E-state index contributed by atoms with van der Waals surface area (Å²) < 4.78 is 16.8. The number of hydrogen-bond donors (Lipinski definition) is 0. The standard InChI is InChI=1S/C60H98O6/c1-4-7-10-13-16-19-22-24-26-28-30-32-34-36-38-41-44-47-50-53-59(62)65-56-57(55-64-58(61)52-49-46-43-40-21-18-15-12-9-6-3)66-60(63)54-51-48-45-42-39-37-35-33-31-29-27-25-23-20-17-14-11-8-5-2/h7-8,10-12,15-17,19-20,24-27,30-33,57H,4-6,9,13-14,18,21-23,28-29,34-56H2,1-3H3/b10-7-,11-8-,15-12-,19-16-,20-17-,26-24-,27-25-,32-30-,33-31-. The lowest BCUT2D eigenvalue weighted by atomic mass is 10.1. The molecule has 0 fully saturated rings. The first kappa shape index (κ1) is 62.1. The number of unbranched alkanes of at least 4 members (excludes halogenated alkanes) is 18. The average molecular weight is 915 g/mol. The van der Waals surface area contributed by atoms with Gasteiger partial charge in [0.25, 0.3) is 0 Å². The zero-order chi connectivity index (χ0) is 47.9. The van der Waals surface area contributed by atoms with Crippen molar-refractivity contribution in [3.05, 3.63) is 109 Å². The third-order valence-electron chi connectivity index (χ3n) is 11.0. The lowest BCUT2D eigenvalue weighted by molar-refractivity contribution is -0.167. The van der Waals surface area contributed by atoms with E-state index in [1.807, 2.05) is 0 Å². The minimum Gasteiger partial charge on any atom is -0.462 e. The summed E-state index contributed by atoms with van der Waals surface area (Å²) in [6.45, 7) is 6.31. The highest BCUT2D eigenvalue weighted by molar-refractivity contribution is 5.71. The van der Waals surface area contributed by atoms with Crippen LogP contribution in [0.2, 0.25) is 0 Å². The van der Waals surface area contributed by atoms with E-state index in [0.29, 0.717) is 19.3 Å². The van der Waals surface area contributed by atoms with Gasteiger partial charge in [-0.25, -0.2) is 0 Å². The van der Waals surface area contributed by atoms with Gasteiger partial charge >= 0.3 is 17.9 Å². The van der Waals surface area contributed by atoms with Crippen LogP contribution in [0.15, 0.2) is 109 Å². The molecule has 0 aromatic carbocycles. The van der Waals surface area contributed by atoms with Crippen molar-refractivity contribution in [1.29, 1.82) is 0 Å². The van der Waals surface area contributed by atoms with E-state index in [-0.39, 0.29) is 31.1 Å². The van der Waals surface area contributed by atoms with E-state index < -0.39 is 6.10 Å². The largest absolute Gasteiger partial charge is 0.462 e. The third kappa shape index (κ3) is 51.1. The summed E-state index contributed by atoms with van der Waals surface area (Å²) in [5.41, 5.74) is 0. The summed E-state index contributed by atoms with van der Waals surface area (Å²) in [5, 5.41) is 0. The second-order valence-electron chi connectivity index (χ2n) is 17.4. The first-order chi connectivity index (χ1) is 32.5. The number of rotatable bonds is 47. The summed E-state index contributed by atoms with van der Waals surface area (Å²) >= 11 is 0. The van der Waals surface area contributed by atoms with Crippen LogP contribution in [-0.4, -0.2) is 37.2 Å². The first-order valence-electron chi connectivity index (χ1n) is 26.9. The SMILES string of the molecule is CC/C=C\C/C=C\C/C=C\C/C=C\CCCCCCCCC(=O)OCC(COC(=O)CCCCCCC/C=C\CCC)OC(=O)CCCCCCCC/C=C\C/C=C\C/C=C\C/C=C\CC. The molecule has 0 aliphatic carbocycles. The summed E-state index contributed by atoms with van der Waals surface area (Å²) in [4.78, 5) is 38.0. The van der Waals surface area contributed by atoms with Crippen LogP contribution in [0.4, 0.5) is 0 Å². The van der Waals surface area contributed by atoms with Gasteiger partial charge in [0.15, 0.2) is 6.10 Å². The summed E-state index contributed by atoms with van der Waals surface area (Å²) in [6.07, 6.45) is 72.2. The van der Waals surface area contributed by atoms with Crippen molar-refractivity contribution >= 4 is 17.9 Å². The third-order valence-corrected chi connectivity index (χ3v) is 11.0. The Hall–Kier alpha value is -3.93. The Balaban J connectivity index is 4.41. The summed E-state index contributed by atoms with van der Waals surface area (Å²) in [5.74, 6) is -0.937. The van der Waals surface area contributed by atoms with Gasteiger partial charge in [-0.3, -0.25) is 14.4 Å². The fraction of sp³-hybridized carbons (Fsp3) is 0.650. The van der Waals surface area contributed by atoms with Gasteiger partial charge in [-0.1, -0.05) is 207 Å². The number of hydrogen-bond acceptors (Lipinski definition) is 6. The molecule has 0 saturated carbocycles. The molecule has 0 aliphatic rings. The molecule has 0 amide bonds. The van der Waals surface area contributed by atoms with E-state index in [0.717, 1.165) is 154 Å². The number of carbonyl (C=O) groups is 3. The smallest absolute Gasteiger partial charge is 0.306 e. The zero-order valence-electron chi connectivity index (χ0n) is 42.7. The molecule has 0 aliphatic heterocycles. The lowest BCUT2D eigenvalue weighted by Crippen LogP contribution is -2.30. The van der Waals surface area contributed by atoms with Crippen LogP contribution in [0, 0.1) is 0 Å². The maximum absolute atomic E-state index is 12.8. The number of carbonyl (C=O) groups excluding carboxylic acids is 3. The van der Waals surface area contributed by atoms with Gasteiger partial charge in [0, 0.05) is 19.3 Å². The second-order valence-corrected chi connectivity index (χ2v) is 17.4. The second kappa shape index (κ2) is 53.7. The van der Waals surface area contributed by atoms with Crippen LogP contribution >= 0.6 is 0 Å². The molecule has 1 atom stereocenters. The molecule has 0 aromatic rings. The van der Waals surface area contributed by atoms with Gasteiger partial charge in [0.2, 0.25) is 0 Å². The Morgan fingerprint density at radius 2 is 0.591 bits per heavy atom. The molecule has 0 N–H and O–H groups in total. The highest BCUT2D eigenvalue weighted by Gasteiger charge is 2.19. The van der Waals surface area contributed by atoms with E-state index in [4.69, 9.17) is 14.2 Å². The van der Waals surface area contributed by atoms with Gasteiger partial charge in [0.05, 0.1) is 0 Å². The normalized spacial score (nSPS) is 13.0. The van der Waals surface area contributed by atoms with Crippen molar-refractivity contribution in [2.45, 2.75) is 239 Å². The van der Waals surface area contributed by atoms with E-state index in [9.17, 15) is 14.4 Å². The van der Waals surface area contributed by atoms with Crippen LogP contribution < -0.4 is 0 Å². The zero-order valence-corrected chi connectivity index (χ0v) is 42.7. The molecule has 6 heteroatoms. The summed E-state index contributed by atoms with van der Waals surface area (Å²) in [7, 11) is 0. The average Bonchev–Trinajstić information content (AvgIpc) is 3.31. The minimum atomic E-state index is -0.797. The van der Waals surface area contributed by atoms with Crippen molar-refractivity contribution in [3.8, 4) is 0 Å². The predicted molar refractivity (Wildman–Crippen MR) is 283 cm³/mol. The van der Waals surface area contributed by atoms with Crippen molar-refractivity contribution < 1.29 is 28.6 Å². The van der Waals surface area contributed by atoms with Crippen molar-refractivity contribution in [1.82, 2.24) is 0 Å². The predicted octanol–water partition coefficient (Wildman–Crippen LogP) is 17.9. The molecule has 374 valence electrons. The first-order valence-corrected chi connectivity index (χ1v) is 26.9. The molecule has 0 bridgehead atoms. The maximum Gasteiger partial charge on any atom is 0.306 e. The Morgan fingerprint density at radius 3 is 0.939 bits per heavy atom. The number of esters is 3. The van der Waals surface area contributed by atoms with Gasteiger partial charge in [0.1, 0.15) is 13.2 Å². The van der Waals surface area contributed by atoms with Crippen LogP contribution in [0.25, 0.3) is 0 Å². The fourth-order valence-electron chi connectivity index (χ4n) is 7.01. The van der Waals surface area contributed by atoms with Crippen molar-refractivity contribution in [2.24, 2.45) is 0 Å². The highest BCUT2D eigenvalue weighted by atomic mass is 16.6. The topological polar surface area (TPSA) is 78.9 Å². The van der Waals surface area contributed by atoms with Crippen LogP contribution in [0.3, 0.4) is 0 Å². The molecule has 0 rings (SSSR count). The molecule has 0 saturated heterocycles. The minimum absolute atomic E-state index is 0.0951. The molecule has 1 unspecified atom stereocenters. The quantitative estimate of drug-likeness (QED) is 0.0262. The molecule has 66 heavy (non-hydrogen) atoms.